The number of benzene rings is 1. The number of sulfonamides is 1. The molecule has 0 spiro atoms. The Labute approximate surface area is 108 Å². The van der Waals surface area contributed by atoms with Gasteiger partial charge < -0.3 is 5.73 Å². The molecule has 17 heavy (non-hydrogen) atoms. The third-order valence-corrected chi connectivity index (χ3v) is 5.81. The molecular formula is C10H11BrN2O3S. The van der Waals surface area contributed by atoms with Crippen LogP contribution in [0.3, 0.4) is 0 Å². The summed E-state index contributed by atoms with van der Waals surface area (Å²) in [6, 6.07) is 4.57. The van der Waals surface area contributed by atoms with Crippen LogP contribution in [0.25, 0.3) is 0 Å². The van der Waals surface area contributed by atoms with E-state index < -0.39 is 20.7 Å². The lowest BCUT2D eigenvalue weighted by atomic mass is 10.1. The van der Waals surface area contributed by atoms with Crippen LogP contribution >= 0.6 is 15.9 Å². The Balaban J connectivity index is 2.51. The van der Waals surface area contributed by atoms with Gasteiger partial charge in [0, 0.05) is 10.2 Å². The van der Waals surface area contributed by atoms with Crippen LogP contribution in [0.15, 0.2) is 22.7 Å². The normalized spacial score (nSPS) is 21.1. The maximum absolute atomic E-state index is 11.9. The lowest BCUT2D eigenvalue weighted by Crippen LogP contribution is -2.67. The van der Waals surface area contributed by atoms with Gasteiger partial charge in [0.15, 0.2) is 4.75 Å². The zero-order valence-electron chi connectivity index (χ0n) is 9.27. The molecule has 0 aromatic heterocycles. The van der Waals surface area contributed by atoms with Crippen molar-refractivity contribution >= 4 is 43.2 Å². The van der Waals surface area contributed by atoms with Gasteiger partial charge in [-0.2, -0.15) is 0 Å². The largest absolute Gasteiger partial charge is 0.398 e. The SMILES string of the molecule is CC1(C)C(=O)N(c2ccc(N)c(Br)c2)S1(=O)=O. The number of halogens is 1. The molecule has 0 bridgehead atoms. The number of nitrogens with two attached hydrogens (primary N) is 1. The molecule has 0 aliphatic carbocycles. The number of rotatable bonds is 1. The van der Waals surface area contributed by atoms with Gasteiger partial charge >= 0.3 is 0 Å². The molecule has 5 nitrogen and oxygen atoms in total. The summed E-state index contributed by atoms with van der Waals surface area (Å²) in [5.41, 5.74) is 6.39. The second-order valence-corrected chi connectivity index (χ2v) is 7.48. The topological polar surface area (TPSA) is 80.5 Å². The minimum atomic E-state index is -3.61. The molecular weight excluding hydrogens is 308 g/mol. The highest BCUT2D eigenvalue weighted by atomic mass is 79.9. The molecule has 1 amide bonds. The summed E-state index contributed by atoms with van der Waals surface area (Å²) >= 11 is 3.20. The summed E-state index contributed by atoms with van der Waals surface area (Å²) in [6.45, 7) is 2.79. The van der Waals surface area contributed by atoms with Gasteiger partial charge in [0.1, 0.15) is 0 Å². The smallest absolute Gasteiger partial charge is 0.263 e. The first kappa shape index (κ1) is 12.4. The van der Waals surface area contributed by atoms with Gasteiger partial charge in [-0.15, -0.1) is 0 Å². The Morgan fingerprint density at radius 1 is 1.35 bits per heavy atom. The molecule has 2 N–H and O–H groups in total. The number of anilines is 2. The summed E-state index contributed by atoms with van der Waals surface area (Å²) in [5.74, 6) is -0.436. The van der Waals surface area contributed by atoms with Crippen molar-refractivity contribution in [3.63, 3.8) is 0 Å². The lowest BCUT2D eigenvalue weighted by molar-refractivity contribution is -0.120. The zero-order valence-corrected chi connectivity index (χ0v) is 11.7. The minimum Gasteiger partial charge on any atom is -0.398 e. The van der Waals surface area contributed by atoms with Gasteiger partial charge in [0.05, 0.1) is 5.69 Å². The van der Waals surface area contributed by atoms with Gasteiger partial charge in [-0.3, -0.25) is 4.79 Å². The Morgan fingerprint density at radius 2 is 1.94 bits per heavy atom. The maximum atomic E-state index is 11.9. The number of nitrogen functional groups attached to an aromatic ring is 1. The Bertz CT molecular complexity index is 610. The van der Waals surface area contributed by atoms with Crippen LogP contribution in [0.4, 0.5) is 11.4 Å². The fraction of sp³-hybridized carbons (Fsp3) is 0.300. The number of carbonyl (C=O) groups is 1. The molecule has 92 valence electrons. The Hall–Kier alpha value is -1.08. The van der Waals surface area contributed by atoms with E-state index in [9.17, 15) is 13.2 Å². The van der Waals surface area contributed by atoms with Crippen LogP contribution < -0.4 is 10.0 Å². The molecule has 1 fully saturated rings. The maximum Gasteiger partial charge on any atom is 0.263 e. The van der Waals surface area contributed by atoms with E-state index >= 15 is 0 Å². The minimum absolute atomic E-state index is 0.301. The predicted octanol–water partition coefficient (Wildman–Crippen LogP) is 1.49. The van der Waals surface area contributed by atoms with E-state index in [4.69, 9.17) is 5.73 Å². The number of hydrogen-bond donors (Lipinski definition) is 1. The number of amides is 1. The number of hydrogen-bond acceptors (Lipinski definition) is 4. The molecule has 1 saturated heterocycles. The zero-order chi connectivity index (χ0) is 13.0. The van der Waals surface area contributed by atoms with Gasteiger partial charge in [-0.1, -0.05) is 0 Å². The molecule has 1 heterocycles. The molecule has 0 saturated carbocycles. The summed E-state index contributed by atoms with van der Waals surface area (Å²) in [7, 11) is -3.61. The monoisotopic (exact) mass is 318 g/mol. The summed E-state index contributed by atoms with van der Waals surface area (Å²) in [5, 5.41) is 0. The van der Waals surface area contributed by atoms with E-state index in [-0.39, 0.29) is 0 Å². The summed E-state index contributed by atoms with van der Waals surface area (Å²) in [6.07, 6.45) is 0. The standard InChI is InChI=1S/C10H11BrN2O3S/c1-10(2)9(14)13(17(10,15)16)6-3-4-8(12)7(11)5-6/h3-5H,12H2,1-2H3. The first-order chi connectivity index (χ1) is 7.69. The van der Waals surface area contributed by atoms with Crippen LogP contribution in [0.2, 0.25) is 0 Å². The second kappa shape index (κ2) is 3.46. The fourth-order valence-electron chi connectivity index (χ4n) is 1.55. The van der Waals surface area contributed by atoms with Gasteiger partial charge in [-0.05, 0) is 48.0 Å². The lowest BCUT2D eigenvalue weighted by Gasteiger charge is -2.42. The van der Waals surface area contributed by atoms with Crippen molar-refractivity contribution in [3.8, 4) is 0 Å². The highest BCUT2D eigenvalue weighted by molar-refractivity contribution is 9.10. The summed E-state index contributed by atoms with van der Waals surface area (Å²) < 4.78 is 23.9. The van der Waals surface area contributed by atoms with Crippen molar-refractivity contribution in [1.82, 2.24) is 0 Å². The van der Waals surface area contributed by atoms with Gasteiger partial charge in [-0.25, -0.2) is 12.7 Å². The average molecular weight is 319 g/mol. The summed E-state index contributed by atoms with van der Waals surface area (Å²) in [4.78, 5) is 11.8. The van der Waals surface area contributed by atoms with E-state index in [1.807, 2.05) is 0 Å². The van der Waals surface area contributed by atoms with E-state index in [1.54, 1.807) is 6.07 Å². The van der Waals surface area contributed by atoms with Crippen LogP contribution in [-0.4, -0.2) is 19.1 Å². The molecule has 0 atom stereocenters. The van der Waals surface area contributed by atoms with Crippen molar-refractivity contribution in [1.29, 1.82) is 0 Å². The van der Waals surface area contributed by atoms with E-state index in [0.29, 0.717) is 15.8 Å². The van der Waals surface area contributed by atoms with Crippen molar-refractivity contribution < 1.29 is 13.2 Å². The van der Waals surface area contributed by atoms with Crippen molar-refractivity contribution in [2.45, 2.75) is 18.6 Å². The highest BCUT2D eigenvalue weighted by Gasteiger charge is 2.60. The second-order valence-electron chi connectivity index (χ2n) is 4.29. The molecule has 0 unspecified atom stereocenters. The molecule has 2 rings (SSSR count). The first-order valence-corrected chi connectivity index (χ1v) is 7.07. The van der Waals surface area contributed by atoms with Crippen molar-refractivity contribution in [3.05, 3.63) is 22.7 Å². The van der Waals surface area contributed by atoms with E-state index in [1.165, 1.54) is 26.0 Å². The number of nitrogens with zero attached hydrogens (tertiary/aromatic N) is 1. The number of carbonyl (C=O) groups excluding carboxylic acids is 1. The third kappa shape index (κ3) is 1.49. The fourth-order valence-corrected chi connectivity index (χ4v) is 3.39. The van der Waals surface area contributed by atoms with Gasteiger partial charge in [0.2, 0.25) is 0 Å². The molecule has 1 aliphatic rings. The van der Waals surface area contributed by atoms with Crippen molar-refractivity contribution in [2.75, 3.05) is 10.0 Å². The molecule has 1 aromatic carbocycles. The van der Waals surface area contributed by atoms with Crippen LogP contribution in [0.5, 0.6) is 0 Å². The predicted molar refractivity (Wildman–Crippen MR) is 69.0 cm³/mol. The Morgan fingerprint density at radius 3 is 2.41 bits per heavy atom. The average Bonchev–Trinajstić information content (AvgIpc) is 2.23. The molecule has 7 heteroatoms. The molecule has 1 aromatic rings. The Kier molecular flexibility index (Phi) is 2.52. The van der Waals surface area contributed by atoms with Crippen LogP contribution in [0, 0.1) is 0 Å². The van der Waals surface area contributed by atoms with Crippen molar-refractivity contribution in [2.24, 2.45) is 0 Å². The molecule has 1 aliphatic heterocycles. The molecule has 0 radical (unpaired) electrons. The third-order valence-electron chi connectivity index (χ3n) is 2.80. The van der Waals surface area contributed by atoms with Crippen LogP contribution in [0.1, 0.15) is 13.8 Å². The van der Waals surface area contributed by atoms with Crippen LogP contribution in [-0.2, 0) is 14.8 Å². The van der Waals surface area contributed by atoms with E-state index in [2.05, 4.69) is 15.9 Å². The quantitative estimate of drug-likeness (QED) is 0.795. The van der Waals surface area contributed by atoms with E-state index in [0.717, 1.165) is 4.31 Å². The highest BCUT2D eigenvalue weighted by Crippen LogP contribution is 2.40. The van der Waals surface area contributed by atoms with Gasteiger partial charge in [0.25, 0.3) is 15.9 Å². The first-order valence-electron chi connectivity index (χ1n) is 4.84.